The minimum atomic E-state index is 1.13. The second-order valence-electron chi connectivity index (χ2n) is 15.0. The zero-order valence-corrected chi connectivity index (χ0v) is 31.3. The molecule has 4 aromatic heterocycles. The highest BCUT2D eigenvalue weighted by molar-refractivity contribution is 6.02. The number of rotatable bonds is 6. The first-order valence-corrected chi connectivity index (χ1v) is 19.2. The van der Waals surface area contributed by atoms with Crippen LogP contribution in [-0.4, -0.2) is 18.3 Å². The molecule has 7 aromatic carbocycles. The first-order chi connectivity index (χ1) is 27.6. The van der Waals surface area contributed by atoms with Crippen molar-refractivity contribution in [2.45, 2.75) is 13.8 Å². The lowest BCUT2D eigenvalue weighted by molar-refractivity contribution is 1.10. The van der Waals surface area contributed by atoms with E-state index in [9.17, 15) is 0 Å². The molecule has 0 aliphatic carbocycles. The van der Waals surface area contributed by atoms with Crippen LogP contribution >= 0.6 is 0 Å². The molecule has 4 nitrogen and oxygen atoms in total. The number of nitrogens with zero attached hydrogens (tertiary/aromatic N) is 4. The summed E-state index contributed by atoms with van der Waals surface area (Å²) in [7, 11) is 0. The quantitative estimate of drug-likeness (QED) is 0.163. The van der Waals surface area contributed by atoms with Gasteiger partial charge in [0, 0.05) is 45.9 Å². The molecule has 0 N–H and O–H groups in total. The van der Waals surface area contributed by atoms with E-state index in [-0.39, 0.29) is 0 Å². The van der Waals surface area contributed by atoms with E-state index in [4.69, 9.17) is 0 Å². The van der Waals surface area contributed by atoms with Gasteiger partial charge in [-0.2, -0.15) is 0 Å². The molecule has 0 radical (unpaired) electrons. The molecule has 0 aliphatic heterocycles. The van der Waals surface area contributed by atoms with Gasteiger partial charge in [0.2, 0.25) is 0 Å². The maximum absolute atomic E-state index is 2.43. The number of hydrogen-bond acceptors (Lipinski definition) is 0. The molecular formula is C52H38N4. The highest BCUT2D eigenvalue weighted by Crippen LogP contribution is 2.39. The van der Waals surface area contributed by atoms with Crippen molar-refractivity contribution < 1.29 is 0 Å². The largest absolute Gasteiger partial charge is 0.317 e. The van der Waals surface area contributed by atoms with Crippen LogP contribution in [0.4, 0.5) is 0 Å². The Morgan fingerprint density at radius 3 is 1.09 bits per heavy atom. The van der Waals surface area contributed by atoms with Crippen molar-refractivity contribution in [1.82, 2.24) is 18.3 Å². The maximum atomic E-state index is 2.43. The Labute approximate surface area is 325 Å². The first-order valence-electron chi connectivity index (χ1n) is 19.2. The van der Waals surface area contributed by atoms with Crippen LogP contribution in [0.25, 0.3) is 88.9 Å². The molecule has 0 unspecified atom stereocenters. The predicted molar refractivity (Wildman–Crippen MR) is 234 cm³/mol. The fourth-order valence-electron chi connectivity index (χ4n) is 8.48. The van der Waals surface area contributed by atoms with Gasteiger partial charge in [0.1, 0.15) is 0 Å². The zero-order valence-electron chi connectivity index (χ0n) is 31.3. The molecule has 0 saturated heterocycles. The van der Waals surface area contributed by atoms with E-state index in [0.717, 1.165) is 22.7 Å². The van der Waals surface area contributed by atoms with E-state index >= 15 is 0 Å². The molecule has 4 heterocycles. The third kappa shape index (κ3) is 5.22. The SMILES string of the molecule is Cc1ccc(-c2cc3cc4c(cc(-c5ccc(C)cc5)n4-c4ccc(-n5ccc6ccccc65)cc4)cc3n2-c2ccc(-n3ccc4ccccc43)cc2)cc1. The number of hydrogen-bond donors (Lipinski definition) is 0. The topological polar surface area (TPSA) is 19.7 Å². The molecule has 4 heteroatoms. The summed E-state index contributed by atoms with van der Waals surface area (Å²) in [4.78, 5) is 0. The Morgan fingerprint density at radius 1 is 0.304 bits per heavy atom. The van der Waals surface area contributed by atoms with Crippen LogP contribution in [0.15, 0.2) is 194 Å². The van der Waals surface area contributed by atoms with E-state index < -0.39 is 0 Å². The first kappa shape index (κ1) is 32.2. The monoisotopic (exact) mass is 718 g/mol. The van der Waals surface area contributed by atoms with Gasteiger partial charge in [-0.15, -0.1) is 0 Å². The average molecular weight is 719 g/mol. The minimum absolute atomic E-state index is 1.13. The molecule has 0 atom stereocenters. The fraction of sp³-hybridized carbons (Fsp3) is 0.0385. The number of benzene rings is 7. The van der Waals surface area contributed by atoms with E-state index in [1.165, 1.54) is 77.3 Å². The Kier molecular flexibility index (Phi) is 7.26. The van der Waals surface area contributed by atoms with E-state index in [0.29, 0.717) is 0 Å². The molecule has 0 fully saturated rings. The van der Waals surface area contributed by atoms with Gasteiger partial charge >= 0.3 is 0 Å². The lowest BCUT2D eigenvalue weighted by Crippen LogP contribution is -1.99. The van der Waals surface area contributed by atoms with Crippen LogP contribution in [-0.2, 0) is 0 Å². The smallest absolute Gasteiger partial charge is 0.0542 e. The normalized spacial score (nSPS) is 11.8. The standard InChI is InChI=1S/C52H38N4/c1-35-11-15-39(16-12-35)49-31-41-33-52-42(34-51(41)55(49)45-23-19-43(20-24-45)53-29-27-37-7-3-5-9-47(37)53)32-50(40-17-13-36(2)14-18-40)56(52)46-25-21-44(22-26-46)54-30-28-38-8-4-6-10-48(38)54/h3-34H,1-2H3. The number of aryl methyl sites for hydroxylation is 2. The zero-order chi connectivity index (χ0) is 37.3. The highest BCUT2D eigenvalue weighted by Gasteiger charge is 2.19. The molecule has 56 heavy (non-hydrogen) atoms. The van der Waals surface area contributed by atoms with Crippen molar-refractivity contribution in [3.05, 3.63) is 206 Å². The molecule has 0 aliphatic rings. The van der Waals surface area contributed by atoms with Gasteiger partial charge in [-0.1, -0.05) is 96.1 Å². The highest BCUT2D eigenvalue weighted by atomic mass is 15.0. The molecule has 0 spiro atoms. The van der Waals surface area contributed by atoms with Crippen LogP contribution in [0.3, 0.4) is 0 Å². The Bertz CT molecular complexity index is 3000. The summed E-state index contributed by atoms with van der Waals surface area (Å²) in [6, 6.07) is 66.6. The van der Waals surface area contributed by atoms with Crippen LogP contribution in [0.2, 0.25) is 0 Å². The summed E-state index contributed by atoms with van der Waals surface area (Å²) in [5.74, 6) is 0. The molecule has 11 aromatic rings. The van der Waals surface area contributed by atoms with Gasteiger partial charge in [-0.25, -0.2) is 0 Å². The third-order valence-corrected chi connectivity index (χ3v) is 11.4. The van der Waals surface area contributed by atoms with Crippen LogP contribution in [0.5, 0.6) is 0 Å². The number of para-hydroxylation sites is 2. The summed E-state index contributed by atoms with van der Waals surface area (Å²) < 4.78 is 9.38. The molecule has 266 valence electrons. The van der Waals surface area contributed by atoms with E-state index in [1.807, 2.05) is 0 Å². The Morgan fingerprint density at radius 2 is 0.679 bits per heavy atom. The van der Waals surface area contributed by atoms with Crippen LogP contribution < -0.4 is 0 Å². The van der Waals surface area contributed by atoms with Crippen molar-refractivity contribution in [3.8, 4) is 45.3 Å². The van der Waals surface area contributed by atoms with Crippen molar-refractivity contribution in [1.29, 1.82) is 0 Å². The van der Waals surface area contributed by atoms with Crippen LogP contribution in [0.1, 0.15) is 11.1 Å². The lowest BCUT2D eigenvalue weighted by Gasteiger charge is -2.14. The van der Waals surface area contributed by atoms with Gasteiger partial charge in [-0.3, -0.25) is 0 Å². The third-order valence-electron chi connectivity index (χ3n) is 11.4. The van der Waals surface area contributed by atoms with Gasteiger partial charge in [-0.05, 0) is 133 Å². The molecule has 0 amide bonds. The molecule has 11 rings (SSSR count). The Balaban J connectivity index is 1.10. The second-order valence-corrected chi connectivity index (χ2v) is 15.0. The number of aromatic nitrogens is 4. The van der Waals surface area contributed by atoms with Crippen molar-refractivity contribution in [2.75, 3.05) is 0 Å². The predicted octanol–water partition coefficient (Wildman–Crippen LogP) is 13.4. The molecule has 0 bridgehead atoms. The van der Waals surface area contributed by atoms with Crippen LogP contribution in [0, 0.1) is 13.8 Å². The molecule has 0 saturated carbocycles. The van der Waals surface area contributed by atoms with E-state index in [1.54, 1.807) is 0 Å². The Hall–Kier alpha value is -7.30. The molecular weight excluding hydrogens is 681 g/mol. The average Bonchev–Trinajstić information content (AvgIpc) is 4.04. The summed E-state index contributed by atoms with van der Waals surface area (Å²) >= 11 is 0. The van der Waals surface area contributed by atoms with Gasteiger partial charge in [0.15, 0.2) is 0 Å². The summed E-state index contributed by atoms with van der Waals surface area (Å²) in [5, 5.41) is 4.86. The van der Waals surface area contributed by atoms with Crippen molar-refractivity contribution in [3.63, 3.8) is 0 Å². The second kappa shape index (κ2) is 12.6. The van der Waals surface area contributed by atoms with Gasteiger partial charge < -0.3 is 18.3 Å². The van der Waals surface area contributed by atoms with Crippen molar-refractivity contribution in [2.24, 2.45) is 0 Å². The van der Waals surface area contributed by atoms with Gasteiger partial charge in [0.05, 0.1) is 33.5 Å². The maximum Gasteiger partial charge on any atom is 0.0542 e. The van der Waals surface area contributed by atoms with E-state index in [2.05, 4.69) is 227 Å². The summed E-state index contributed by atoms with van der Waals surface area (Å²) in [6.07, 6.45) is 4.32. The lowest BCUT2D eigenvalue weighted by atomic mass is 10.1. The minimum Gasteiger partial charge on any atom is -0.317 e. The number of fused-ring (bicyclic) bond motifs is 4. The summed E-state index contributed by atoms with van der Waals surface area (Å²) in [5.41, 5.74) is 16.5. The van der Waals surface area contributed by atoms with Crippen molar-refractivity contribution >= 4 is 43.6 Å². The van der Waals surface area contributed by atoms with Gasteiger partial charge in [0.25, 0.3) is 0 Å². The fourth-order valence-corrected chi connectivity index (χ4v) is 8.48. The summed E-state index contributed by atoms with van der Waals surface area (Å²) in [6.45, 7) is 4.29.